The first-order valence-corrected chi connectivity index (χ1v) is 17.7. The van der Waals surface area contributed by atoms with E-state index in [0.717, 1.165) is 80.1 Å². The van der Waals surface area contributed by atoms with E-state index in [0.29, 0.717) is 35.2 Å². The molecule has 1 atom stereocenters. The van der Waals surface area contributed by atoms with E-state index in [1.807, 2.05) is 16.7 Å². The predicted molar refractivity (Wildman–Crippen MR) is 200 cm³/mol. The average molecular weight is 686 g/mol. The number of carbonyl (C=O) groups is 2. The summed E-state index contributed by atoms with van der Waals surface area (Å²) in [6.07, 6.45) is 12.0. The number of unbranched alkanes of at least 4 members (excludes halogenated alkanes) is 2. The molecule has 3 aromatic heterocycles. The zero-order valence-corrected chi connectivity index (χ0v) is 28.5. The van der Waals surface area contributed by atoms with Crippen LogP contribution >= 0.6 is 0 Å². The van der Waals surface area contributed by atoms with Crippen LogP contribution in [0.5, 0.6) is 5.75 Å². The van der Waals surface area contributed by atoms with Gasteiger partial charge in [0.1, 0.15) is 17.4 Å². The Morgan fingerprint density at radius 3 is 2.65 bits per heavy atom. The van der Waals surface area contributed by atoms with Gasteiger partial charge in [-0.2, -0.15) is 0 Å². The number of nitrogens with two attached hydrogens (primary N) is 2. The number of benzene rings is 2. The number of nitrogens with zero attached hydrogens (tertiary/aromatic N) is 6. The number of fused-ring (bicyclic) bond motifs is 3. The molecule has 2 fully saturated rings. The number of aromatic nitrogens is 4. The number of likely N-dealkylation sites (tertiary alicyclic amines) is 1. The molecule has 2 aliphatic rings. The minimum Gasteiger partial charge on any atom is -0.507 e. The van der Waals surface area contributed by atoms with E-state index in [2.05, 4.69) is 49.7 Å². The van der Waals surface area contributed by atoms with Gasteiger partial charge in [-0.25, -0.2) is 4.98 Å². The SMILES string of the molecule is NC=C(C=NC1CCN(CCCCCc2cccc3c2c2cccnc2n3C2CCC(=O)NC2=O)CC1)c1cc(-c2ccccc2O)nnc1N. The number of para-hydroxylation sites is 1. The van der Waals surface area contributed by atoms with Gasteiger partial charge in [0.2, 0.25) is 11.8 Å². The summed E-state index contributed by atoms with van der Waals surface area (Å²) >= 11 is 0. The summed E-state index contributed by atoms with van der Waals surface area (Å²) in [5.41, 5.74) is 17.6. The van der Waals surface area contributed by atoms with Crippen molar-refractivity contribution < 1.29 is 14.7 Å². The summed E-state index contributed by atoms with van der Waals surface area (Å²) in [6, 6.07) is 18.8. The van der Waals surface area contributed by atoms with Crippen molar-refractivity contribution in [2.45, 2.75) is 63.5 Å². The van der Waals surface area contributed by atoms with Crippen LogP contribution in [0.25, 0.3) is 38.8 Å². The maximum absolute atomic E-state index is 12.9. The maximum atomic E-state index is 12.9. The van der Waals surface area contributed by atoms with Crippen LogP contribution in [-0.2, 0) is 16.0 Å². The number of aromatic hydroxyl groups is 1. The van der Waals surface area contributed by atoms with Crippen molar-refractivity contribution in [1.29, 1.82) is 0 Å². The van der Waals surface area contributed by atoms with E-state index >= 15 is 0 Å². The smallest absolute Gasteiger partial charge is 0.249 e. The van der Waals surface area contributed by atoms with Crippen LogP contribution in [0.1, 0.15) is 62.1 Å². The van der Waals surface area contributed by atoms with Crippen LogP contribution < -0.4 is 16.8 Å². The highest BCUT2D eigenvalue weighted by Gasteiger charge is 2.31. The van der Waals surface area contributed by atoms with Crippen LogP contribution in [-0.4, -0.2) is 73.5 Å². The van der Waals surface area contributed by atoms with Gasteiger partial charge in [-0.15, -0.1) is 10.2 Å². The highest BCUT2D eigenvalue weighted by Crippen LogP contribution is 2.36. The molecule has 51 heavy (non-hydrogen) atoms. The molecule has 0 saturated carbocycles. The molecule has 0 bridgehead atoms. The molecule has 2 amide bonds. The van der Waals surface area contributed by atoms with Gasteiger partial charge in [0.15, 0.2) is 5.82 Å². The number of aliphatic imine (C=N–C) groups is 1. The molecule has 0 aliphatic carbocycles. The number of anilines is 1. The number of rotatable bonds is 11. The molecule has 12 nitrogen and oxygen atoms in total. The number of aryl methyl sites for hydroxylation is 1. The number of nitrogen functional groups attached to an aromatic ring is 1. The Labute approximate surface area is 296 Å². The maximum Gasteiger partial charge on any atom is 0.249 e. The number of carbonyl (C=O) groups excluding carboxylic acids is 2. The van der Waals surface area contributed by atoms with Crippen molar-refractivity contribution in [3.05, 3.63) is 84.2 Å². The molecule has 7 rings (SSSR count). The second-order valence-electron chi connectivity index (χ2n) is 13.4. The summed E-state index contributed by atoms with van der Waals surface area (Å²) in [4.78, 5) is 36.7. The lowest BCUT2D eigenvalue weighted by Crippen LogP contribution is -2.41. The highest BCUT2D eigenvalue weighted by atomic mass is 16.3. The molecule has 2 aromatic carbocycles. The number of imide groups is 1. The Hall–Kier alpha value is -5.62. The normalized spacial score (nSPS) is 17.9. The molecule has 5 heterocycles. The molecule has 12 heteroatoms. The van der Waals surface area contributed by atoms with Crippen LogP contribution in [0.15, 0.2) is 78.1 Å². The third kappa shape index (κ3) is 7.18. The first kappa shape index (κ1) is 33.9. The quantitative estimate of drug-likeness (QED) is 0.0831. The minimum absolute atomic E-state index is 0.115. The zero-order valence-electron chi connectivity index (χ0n) is 28.5. The molecule has 2 aliphatic heterocycles. The lowest BCUT2D eigenvalue weighted by Gasteiger charge is -2.30. The van der Waals surface area contributed by atoms with E-state index in [9.17, 15) is 14.7 Å². The van der Waals surface area contributed by atoms with Crippen molar-refractivity contribution in [2.24, 2.45) is 10.7 Å². The lowest BCUT2D eigenvalue weighted by atomic mass is 10.0. The highest BCUT2D eigenvalue weighted by molar-refractivity contribution is 6.12. The number of piperidine rings is 2. The monoisotopic (exact) mass is 685 g/mol. The van der Waals surface area contributed by atoms with Gasteiger partial charge < -0.3 is 26.0 Å². The number of allylic oxidation sites excluding steroid dienone is 1. The van der Waals surface area contributed by atoms with E-state index in [1.165, 1.54) is 11.8 Å². The van der Waals surface area contributed by atoms with Gasteiger partial charge in [-0.3, -0.25) is 19.9 Å². The Kier molecular flexibility index (Phi) is 10.0. The summed E-state index contributed by atoms with van der Waals surface area (Å²) in [5.74, 6) is -0.115. The first-order valence-electron chi connectivity index (χ1n) is 17.7. The Morgan fingerprint density at radius 2 is 1.84 bits per heavy atom. The number of phenols is 1. The third-order valence-electron chi connectivity index (χ3n) is 10.1. The molecular weight excluding hydrogens is 642 g/mol. The van der Waals surface area contributed by atoms with E-state index in [1.54, 1.807) is 36.7 Å². The summed E-state index contributed by atoms with van der Waals surface area (Å²) < 4.78 is 2.02. The zero-order chi connectivity index (χ0) is 35.3. The van der Waals surface area contributed by atoms with Crippen LogP contribution in [0.4, 0.5) is 5.82 Å². The van der Waals surface area contributed by atoms with E-state index < -0.39 is 6.04 Å². The minimum atomic E-state index is -0.455. The third-order valence-corrected chi connectivity index (χ3v) is 10.1. The standard InChI is InChI=1S/C39H43N9O3/c40-23-26(30-22-31(45-46-37(30)41)28-10-3-4-13-34(28)49)24-43-27-16-20-47(21-17-27)19-5-1-2-8-25-9-6-12-32-36(25)29-11-7-18-42-38(29)48(32)33-14-15-35(50)44-39(33)51/h3-4,6-7,9-13,18,22-24,27,33,49H,1-2,5,8,14-17,19-21,40H2,(H2,41,46)(H,44,50,51). The van der Waals surface area contributed by atoms with Crippen molar-refractivity contribution in [1.82, 2.24) is 30.0 Å². The van der Waals surface area contributed by atoms with Crippen molar-refractivity contribution in [3.63, 3.8) is 0 Å². The van der Waals surface area contributed by atoms with Gasteiger partial charge >= 0.3 is 0 Å². The van der Waals surface area contributed by atoms with Crippen LogP contribution in [0.2, 0.25) is 0 Å². The van der Waals surface area contributed by atoms with Gasteiger partial charge in [-0.05, 0) is 87.0 Å². The molecular formula is C39H43N9O3. The molecule has 0 spiro atoms. The molecule has 0 radical (unpaired) electrons. The van der Waals surface area contributed by atoms with Gasteiger partial charge in [0.25, 0.3) is 0 Å². The fourth-order valence-corrected chi connectivity index (χ4v) is 7.41. The molecule has 2 saturated heterocycles. The fourth-order valence-electron chi connectivity index (χ4n) is 7.41. The van der Waals surface area contributed by atoms with E-state index in [4.69, 9.17) is 16.5 Å². The van der Waals surface area contributed by atoms with Gasteiger partial charge in [0, 0.05) is 65.6 Å². The van der Waals surface area contributed by atoms with Crippen LogP contribution in [0.3, 0.4) is 0 Å². The molecule has 1 unspecified atom stereocenters. The second kappa shape index (κ2) is 15.1. The second-order valence-corrected chi connectivity index (χ2v) is 13.4. The largest absolute Gasteiger partial charge is 0.507 e. The molecule has 262 valence electrons. The fraction of sp³-hybridized carbons (Fsp3) is 0.333. The van der Waals surface area contributed by atoms with Crippen molar-refractivity contribution in [2.75, 3.05) is 25.4 Å². The van der Waals surface area contributed by atoms with Crippen molar-refractivity contribution >= 4 is 51.4 Å². The Morgan fingerprint density at radius 1 is 1.00 bits per heavy atom. The van der Waals surface area contributed by atoms with Gasteiger partial charge in [-0.1, -0.05) is 30.7 Å². The average Bonchev–Trinajstić information content (AvgIpc) is 3.48. The Bertz CT molecular complexity index is 2130. The van der Waals surface area contributed by atoms with Gasteiger partial charge in [0.05, 0.1) is 17.3 Å². The summed E-state index contributed by atoms with van der Waals surface area (Å²) in [7, 11) is 0. The number of phenolic OH excluding ortho intramolecular Hbond substituents is 1. The number of hydrogen-bond acceptors (Lipinski definition) is 10. The topological polar surface area (TPSA) is 178 Å². The summed E-state index contributed by atoms with van der Waals surface area (Å²) in [6.45, 7) is 3.04. The number of nitrogens with one attached hydrogen (secondary N) is 1. The molecule has 5 aromatic rings. The first-order chi connectivity index (χ1) is 24.9. The van der Waals surface area contributed by atoms with Crippen LogP contribution in [0, 0.1) is 0 Å². The Balaban J connectivity index is 0.916. The van der Waals surface area contributed by atoms with Crippen molar-refractivity contribution in [3.8, 4) is 17.0 Å². The number of hydrogen-bond donors (Lipinski definition) is 4. The number of pyridine rings is 1. The van der Waals surface area contributed by atoms with E-state index in [-0.39, 0.29) is 29.4 Å². The predicted octanol–water partition coefficient (Wildman–Crippen LogP) is 5.16. The summed E-state index contributed by atoms with van der Waals surface area (Å²) in [5, 5.41) is 23.2. The lowest BCUT2D eigenvalue weighted by molar-refractivity contribution is -0.135. The molecule has 6 N–H and O–H groups in total. The number of amides is 2.